The summed E-state index contributed by atoms with van der Waals surface area (Å²) in [5.74, 6) is 0.555. The summed E-state index contributed by atoms with van der Waals surface area (Å²) >= 11 is 0. The third-order valence-electron chi connectivity index (χ3n) is 2.99. The normalized spacial score (nSPS) is 12.3. The zero-order valence-electron chi connectivity index (χ0n) is 10.3. The quantitative estimate of drug-likeness (QED) is 0.820. The molecule has 1 atom stereocenters. The van der Waals surface area contributed by atoms with E-state index in [4.69, 9.17) is 0 Å². The van der Waals surface area contributed by atoms with E-state index in [0.29, 0.717) is 5.92 Å². The van der Waals surface area contributed by atoms with Gasteiger partial charge in [0.25, 0.3) is 0 Å². The molecule has 0 saturated heterocycles. The Morgan fingerprint density at radius 2 is 1.47 bits per heavy atom. The molecule has 0 amide bonds. The molecule has 1 heteroatoms. The predicted octanol–water partition coefficient (Wildman–Crippen LogP) is 3.58. The van der Waals surface area contributed by atoms with Crippen molar-refractivity contribution >= 4 is 0 Å². The van der Waals surface area contributed by atoms with E-state index in [-0.39, 0.29) is 0 Å². The molecule has 0 aliphatic rings. The molecule has 1 N–H and O–H groups in total. The van der Waals surface area contributed by atoms with E-state index in [2.05, 4.69) is 72.9 Å². The second-order valence-electron chi connectivity index (χ2n) is 4.43. The molecule has 0 aliphatic heterocycles. The summed E-state index contributed by atoms with van der Waals surface area (Å²) in [6, 6.07) is 21.2. The molecule has 0 heterocycles. The van der Waals surface area contributed by atoms with Crippen LogP contribution in [-0.2, 0) is 6.54 Å². The first-order valence-corrected chi connectivity index (χ1v) is 6.16. The van der Waals surface area contributed by atoms with Gasteiger partial charge in [-0.2, -0.15) is 0 Å². The van der Waals surface area contributed by atoms with Crippen molar-refractivity contribution in [2.24, 2.45) is 0 Å². The van der Waals surface area contributed by atoms with E-state index < -0.39 is 0 Å². The standard InChI is InChI=1S/C16H19N/c1-14(16-10-6-3-7-11-16)12-17-13-15-8-4-2-5-9-15/h2-11,14,17H,12-13H2,1H3. The molecule has 0 aromatic heterocycles. The molecule has 2 aromatic carbocycles. The summed E-state index contributed by atoms with van der Waals surface area (Å²) in [4.78, 5) is 0. The summed E-state index contributed by atoms with van der Waals surface area (Å²) in [5, 5.41) is 3.50. The van der Waals surface area contributed by atoms with E-state index in [1.54, 1.807) is 0 Å². The second-order valence-corrected chi connectivity index (χ2v) is 4.43. The summed E-state index contributed by atoms with van der Waals surface area (Å²) in [7, 11) is 0. The molecule has 0 spiro atoms. The lowest BCUT2D eigenvalue weighted by molar-refractivity contribution is 0.615. The monoisotopic (exact) mass is 225 g/mol. The summed E-state index contributed by atoms with van der Waals surface area (Å²) in [6.45, 7) is 4.21. The minimum Gasteiger partial charge on any atom is -0.312 e. The maximum Gasteiger partial charge on any atom is 0.0205 e. The van der Waals surface area contributed by atoms with E-state index in [1.807, 2.05) is 0 Å². The van der Waals surface area contributed by atoms with Crippen molar-refractivity contribution in [1.82, 2.24) is 5.32 Å². The molecule has 17 heavy (non-hydrogen) atoms. The van der Waals surface area contributed by atoms with E-state index in [1.165, 1.54) is 11.1 Å². The lowest BCUT2D eigenvalue weighted by atomic mass is 10.0. The smallest absolute Gasteiger partial charge is 0.0205 e. The van der Waals surface area contributed by atoms with Gasteiger partial charge in [0.2, 0.25) is 0 Å². The highest BCUT2D eigenvalue weighted by Crippen LogP contribution is 2.13. The molecule has 2 aromatic rings. The van der Waals surface area contributed by atoms with Crippen LogP contribution in [0.1, 0.15) is 24.0 Å². The van der Waals surface area contributed by atoms with Gasteiger partial charge in [0, 0.05) is 13.1 Å². The van der Waals surface area contributed by atoms with E-state index in [9.17, 15) is 0 Å². The molecule has 2 rings (SSSR count). The highest BCUT2D eigenvalue weighted by molar-refractivity contribution is 5.19. The average Bonchev–Trinajstić information content (AvgIpc) is 2.41. The van der Waals surface area contributed by atoms with Gasteiger partial charge in [-0.05, 0) is 17.0 Å². The van der Waals surface area contributed by atoms with Gasteiger partial charge in [0.1, 0.15) is 0 Å². The number of rotatable bonds is 5. The fourth-order valence-corrected chi connectivity index (χ4v) is 1.93. The van der Waals surface area contributed by atoms with Crippen LogP contribution < -0.4 is 5.32 Å². The first-order valence-electron chi connectivity index (χ1n) is 6.16. The lowest BCUT2D eigenvalue weighted by Gasteiger charge is -2.13. The van der Waals surface area contributed by atoms with Crippen molar-refractivity contribution in [1.29, 1.82) is 0 Å². The van der Waals surface area contributed by atoms with Gasteiger partial charge in [-0.3, -0.25) is 0 Å². The Balaban J connectivity index is 1.79. The lowest BCUT2D eigenvalue weighted by Crippen LogP contribution is -2.19. The van der Waals surface area contributed by atoms with Crippen molar-refractivity contribution in [3.63, 3.8) is 0 Å². The third kappa shape index (κ3) is 3.72. The van der Waals surface area contributed by atoms with Gasteiger partial charge in [0.05, 0.1) is 0 Å². The topological polar surface area (TPSA) is 12.0 Å². The first-order chi connectivity index (χ1) is 8.36. The zero-order chi connectivity index (χ0) is 11.9. The van der Waals surface area contributed by atoms with Gasteiger partial charge in [-0.25, -0.2) is 0 Å². The SMILES string of the molecule is CC(CNCc1ccccc1)c1ccccc1. The Kier molecular flexibility index (Phi) is 4.34. The first kappa shape index (κ1) is 11.9. The summed E-state index contributed by atoms with van der Waals surface area (Å²) < 4.78 is 0. The predicted molar refractivity (Wildman–Crippen MR) is 73.0 cm³/mol. The van der Waals surface area contributed by atoms with Crippen molar-refractivity contribution in [3.8, 4) is 0 Å². The van der Waals surface area contributed by atoms with Crippen LogP contribution in [0.4, 0.5) is 0 Å². The number of hydrogen-bond acceptors (Lipinski definition) is 1. The molecule has 88 valence electrons. The largest absolute Gasteiger partial charge is 0.312 e. The maximum atomic E-state index is 3.50. The van der Waals surface area contributed by atoms with Crippen LogP contribution in [0.25, 0.3) is 0 Å². The highest BCUT2D eigenvalue weighted by Gasteiger charge is 2.03. The zero-order valence-corrected chi connectivity index (χ0v) is 10.3. The van der Waals surface area contributed by atoms with Crippen molar-refractivity contribution < 1.29 is 0 Å². The fourth-order valence-electron chi connectivity index (χ4n) is 1.93. The van der Waals surface area contributed by atoms with Crippen molar-refractivity contribution in [3.05, 3.63) is 71.8 Å². The molecule has 0 bridgehead atoms. The van der Waals surface area contributed by atoms with E-state index >= 15 is 0 Å². The van der Waals surface area contributed by atoms with Gasteiger partial charge in [0.15, 0.2) is 0 Å². The van der Waals surface area contributed by atoms with Crippen LogP contribution in [-0.4, -0.2) is 6.54 Å². The molecular weight excluding hydrogens is 206 g/mol. The number of nitrogens with one attached hydrogen (secondary N) is 1. The van der Waals surface area contributed by atoms with Crippen LogP contribution in [0.5, 0.6) is 0 Å². The number of benzene rings is 2. The Bertz CT molecular complexity index is 422. The molecule has 1 unspecified atom stereocenters. The summed E-state index contributed by atoms with van der Waals surface area (Å²) in [6.07, 6.45) is 0. The third-order valence-corrected chi connectivity index (χ3v) is 2.99. The molecule has 1 nitrogen and oxygen atoms in total. The maximum absolute atomic E-state index is 3.50. The molecule has 0 saturated carbocycles. The average molecular weight is 225 g/mol. The van der Waals surface area contributed by atoms with Gasteiger partial charge >= 0.3 is 0 Å². The highest BCUT2D eigenvalue weighted by atomic mass is 14.9. The van der Waals surface area contributed by atoms with Gasteiger partial charge in [-0.1, -0.05) is 67.6 Å². The fraction of sp³-hybridized carbons (Fsp3) is 0.250. The van der Waals surface area contributed by atoms with Crippen LogP contribution in [0.2, 0.25) is 0 Å². The van der Waals surface area contributed by atoms with Gasteiger partial charge < -0.3 is 5.32 Å². The van der Waals surface area contributed by atoms with E-state index in [0.717, 1.165) is 13.1 Å². The minimum absolute atomic E-state index is 0.555. The molecular formula is C16H19N. The van der Waals surface area contributed by atoms with Gasteiger partial charge in [-0.15, -0.1) is 0 Å². The summed E-state index contributed by atoms with van der Waals surface area (Å²) in [5.41, 5.74) is 2.74. The molecule has 0 fully saturated rings. The number of hydrogen-bond donors (Lipinski definition) is 1. The van der Waals surface area contributed by atoms with Crippen LogP contribution in [0.3, 0.4) is 0 Å². The Morgan fingerprint density at radius 1 is 0.882 bits per heavy atom. The van der Waals surface area contributed by atoms with Crippen LogP contribution in [0, 0.1) is 0 Å². The second kappa shape index (κ2) is 6.21. The van der Waals surface area contributed by atoms with Crippen LogP contribution >= 0.6 is 0 Å². The van der Waals surface area contributed by atoms with Crippen LogP contribution in [0.15, 0.2) is 60.7 Å². The Hall–Kier alpha value is -1.60. The Morgan fingerprint density at radius 3 is 2.12 bits per heavy atom. The Labute approximate surface area is 103 Å². The van der Waals surface area contributed by atoms with Crippen molar-refractivity contribution in [2.45, 2.75) is 19.4 Å². The molecule has 0 radical (unpaired) electrons. The molecule has 0 aliphatic carbocycles. The minimum atomic E-state index is 0.555. The van der Waals surface area contributed by atoms with Crippen molar-refractivity contribution in [2.75, 3.05) is 6.54 Å².